The minimum atomic E-state index is 0.0239. The molecule has 4 nitrogen and oxygen atoms in total. The first-order valence-electron chi connectivity index (χ1n) is 6.24. The highest BCUT2D eigenvalue weighted by Crippen LogP contribution is 2.24. The molecule has 1 aromatic carbocycles. The number of aromatic nitrogens is 2. The largest absolute Gasteiger partial charge is 0.360 e. The van der Waals surface area contributed by atoms with Crippen LogP contribution in [0.15, 0.2) is 41.9 Å². The van der Waals surface area contributed by atoms with E-state index in [9.17, 15) is 5.26 Å². The maximum Gasteiger partial charge on any atom is 0.145 e. The first-order valence-corrected chi connectivity index (χ1v) is 7.11. The SMILES string of the molecule is CC(Nc1nc2ccccc2cc1C#N)c1nccs1. The zero-order chi connectivity index (χ0) is 13.9. The van der Waals surface area contributed by atoms with Gasteiger partial charge in [-0.05, 0) is 19.1 Å². The third-order valence-electron chi connectivity index (χ3n) is 3.02. The number of para-hydroxylation sites is 1. The molecule has 0 bridgehead atoms. The number of thiazole rings is 1. The Morgan fingerprint density at radius 3 is 2.95 bits per heavy atom. The molecule has 3 aromatic rings. The van der Waals surface area contributed by atoms with Crippen LogP contribution in [0.4, 0.5) is 5.82 Å². The lowest BCUT2D eigenvalue weighted by atomic mass is 10.1. The lowest BCUT2D eigenvalue weighted by Crippen LogP contribution is -2.09. The number of fused-ring (bicyclic) bond motifs is 1. The predicted octanol–water partition coefficient (Wildman–Crippen LogP) is 3.74. The van der Waals surface area contributed by atoms with E-state index in [1.54, 1.807) is 17.5 Å². The van der Waals surface area contributed by atoms with Gasteiger partial charge in [-0.15, -0.1) is 11.3 Å². The fourth-order valence-corrected chi connectivity index (χ4v) is 2.67. The quantitative estimate of drug-likeness (QED) is 0.794. The maximum absolute atomic E-state index is 9.28. The molecule has 0 fully saturated rings. The molecule has 2 heterocycles. The molecule has 0 aliphatic heterocycles. The van der Waals surface area contributed by atoms with Gasteiger partial charge < -0.3 is 5.32 Å². The minimum Gasteiger partial charge on any atom is -0.360 e. The van der Waals surface area contributed by atoms with Crippen LogP contribution in [0, 0.1) is 11.3 Å². The Morgan fingerprint density at radius 1 is 1.35 bits per heavy atom. The lowest BCUT2D eigenvalue weighted by Gasteiger charge is -2.13. The topological polar surface area (TPSA) is 61.6 Å². The van der Waals surface area contributed by atoms with Gasteiger partial charge in [0, 0.05) is 17.0 Å². The second-order valence-electron chi connectivity index (χ2n) is 4.43. The highest BCUT2D eigenvalue weighted by molar-refractivity contribution is 7.09. The first-order chi connectivity index (χ1) is 9.78. The third-order valence-corrected chi connectivity index (χ3v) is 3.98. The zero-order valence-corrected chi connectivity index (χ0v) is 11.7. The summed E-state index contributed by atoms with van der Waals surface area (Å²) in [4.78, 5) is 8.81. The number of pyridine rings is 1. The van der Waals surface area contributed by atoms with Gasteiger partial charge in [0.25, 0.3) is 0 Å². The Morgan fingerprint density at radius 2 is 2.20 bits per heavy atom. The molecule has 1 N–H and O–H groups in total. The Balaban J connectivity index is 2.00. The first kappa shape index (κ1) is 12.6. The van der Waals surface area contributed by atoms with Crippen molar-refractivity contribution in [1.29, 1.82) is 5.26 Å². The van der Waals surface area contributed by atoms with Gasteiger partial charge in [-0.25, -0.2) is 9.97 Å². The molecule has 98 valence electrons. The monoisotopic (exact) mass is 280 g/mol. The van der Waals surface area contributed by atoms with Crippen LogP contribution >= 0.6 is 11.3 Å². The van der Waals surface area contributed by atoms with Crippen molar-refractivity contribution in [3.63, 3.8) is 0 Å². The fraction of sp³-hybridized carbons (Fsp3) is 0.133. The van der Waals surface area contributed by atoms with Gasteiger partial charge in [0.2, 0.25) is 0 Å². The van der Waals surface area contributed by atoms with Crippen molar-refractivity contribution in [2.45, 2.75) is 13.0 Å². The van der Waals surface area contributed by atoms with Crippen LogP contribution in [0.1, 0.15) is 23.5 Å². The summed E-state index contributed by atoms with van der Waals surface area (Å²) >= 11 is 1.58. The second-order valence-corrected chi connectivity index (χ2v) is 5.35. The van der Waals surface area contributed by atoms with Gasteiger partial charge in [0.05, 0.1) is 17.1 Å². The molecule has 0 amide bonds. The standard InChI is InChI=1S/C15H12N4S/c1-10(15-17-6-7-20-15)18-14-12(9-16)8-11-4-2-3-5-13(11)19-14/h2-8,10H,1H3,(H,18,19). The molecule has 0 aliphatic rings. The van der Waals surface area contributed by atoms with Crippen molar-refractivity contribution in [2.75, 3.05) is 5.32 Å². The van der Waals surface area contributed by atoms with E-state index in [0.29, 0.717) is 11.4 Å². The highest BCUT2D eigenvalue weighted by Gasteiger charge is 2.12. The Bertz CT molecular complexity index is 774. The van der Waals surface area contributed by atoms with Crippen molar-refractivity contribution < 1.29 is 0 Å². The molecule has 3 rings (SSSR count). The minimum absolute atomic E-state index is 0.0239. The van der Waals surface area contributed by atoms with E-state index in [1.165, 1.54) is 0 Å². The third kappa shape index (κ3) is 2.33. The number of hydrogen-bond acceptors (Lipinski definition) is 5. The van der Waals surface area contributed by atoms with Crippen molar-refractivity contribution in [3.05, 3.63) is 52.5 Å². The van der Waals surface area contributed by atoms with Gasteiger partial charge in [-0.3, -0.25) is 0 Å². The molecule has 0 spiro atoms. The molecular formula is C15H12N4S. The van der Waals surface area contributed by atoms with Gasteiger partial charge in [-0.2, -0.15) is 5.26 Å². The number of anilines is 1. The van der Waals surface area contributed by atoms with Crippen molar-refractivity contribution in [2.24, 2.45) is 0 Å². The molecule has 1 unspecified atom stereocenters. The number of benzene rings is 1. The average Bonchev–Trinajstić information content (AvgIpc) is 3.01. The number of rotatable bonds is 3. The lowest BCUT2D eigenvalue weighted by molar-refractivity contribution is 0.861. The van der Waals surface area contributed by atoms with Crippen LogP contribution in [0.25, 0.3) is 10.9 Å². The van der Waals surface area contributed by atoms with E-state index in [2.05, 4.69) is 21.4 Å². The fourth-order valence-electron chi connectivity index (χ4n) is 2.03. The Labute approximate surface area is 120 Å². The van der Waals surface area contributed by atoms with E-state index in [-0.39, 0.29) is 6.04 Å². The van der Waals surface area contributed by atoms with Crippen LogP contribution in [-0.2, 0) is 0 Å². The van der Waals surface area contributed by atoms with Crippen LogP contribution in [0.3, 0.4) is 0 Å². The molecular weight excluding hydrogens is 268 g/mol. The Hall–Kier alpha value is -2.45. The summed E-state index contributed by atoms with van der Waals surface area (Å²) < 4.78 is 0. The molecule has 0 saturated heterocycles. The molecule has 5 heteroatoms. The summed E-state index contributed by atoms with van der Waals surface area (Å²) in [6.45, 7) is 2.01. The number of hydrogen-bond donors (Lipinski definition) is 1. The van der Waals surface area contributed by atoms with Crippen molar-refractivity contribution >= 4 is 28.1 Å². The molecule has 0 aliphatic carbocycles. The van der Waals surface area contributed by atoms with Gasteiger partial charge in [0.15, 0.2) is 0 Å². The molecule has 1 atom stereocenters. The summed E-state index contributed by atoms with van der Waals surface area (Å²) in [5.41, 5.74) is 1.42. The number of nitrogens with one attached hydrogen (secondary N) is 1. The molecule has 20 heavy (non-hydrogen) atoms. The zero-order valence-electron chi connectivity index (χ0n) is 10.9. The van der Waals surface area contributed by atoms with E-state index in [4.69, 9.17) is 0 Å². The molecule has 0 radical (unpaired) electrons. The van der Waals surface area contributed by atoms with E-state index in [1.807, 2.05) is 42.6 Å². The predicted molar refractivity (Wildman–Crippen MR) is 80.6 cm³/mol. The van der Waals surface area contributed by atoms with Crippen LogP contribution in [0.5, 0.6) is 0 Å². The average molecular weight is 280 g/mol. The summed E-state index contributed by atoms with van der Waals surface area (Å²) in [7, 11) is 0. The van der Waals surface area contributed by atoms with Gasteiger partial charge >= 0.3 is 0 Å². The summed E-state index contributed by atoms with van der Waals surface area (Å²) in [6.07, 6.45) is 1.78. The summed E-state index contributed by atoms with van der Waals surface area (Å²) in [5, 5.41) is 16.4. The smallest absolute Gasteiger partial charge is 0.145 e. The van der Waals surface area contributed by atoms with E-state index >= 15 is 0 Å². The number of nitrogens with zero attached hydrogens (tertiary/aromatic N) is 3. The van der Waals surface area contributed by atoms with Gasteiger partial charge in [0.1, 0.15) is 16.9 Å². The maximum atomic E-state index is 9.28. The van der Waals surface area contributed by atoms with E-state index in [0.717, 1.165) is 15.9 Å². The Kier molecular flexibility index (Phi) is 3.32. The van der Waals surface area contributed by atoms with Crippen LogP contribution in [-0.4, -0.2) is 9.97 Å². The van der Waals surface area contributed by atoms with Crippen LogP contribution < -0.4 is 5.32 Å². The van der Waals surface area contributed by atoms with Gasteiger partial charge in [-0.1, -0.05) is 18.2 Å². The summed E-state index contributed by atoms with van der Waals surface area (Å²) in [6, 6.07) is 11.9. The normalized spacial score (nSPS) is 12.0. The van der Waals surface area contributed by atoms with Crippen molar-refractivity contribution in [1.82, 2.24) is 9.97 Å². The molecule has 2 aromatic heterocycles. The molecule has 0 saturated carbocycles. The second kappa shape index (κ2) is 5.27. The highest BCUT2D eigenvalue weighted by atomic mass is 32.1. The van der Waals surface area contributed by atoms with Crippen LogP contribution in [0.2, 0.25) is 0 Å². The van der Waals surface area contributed by atoms with Crippen molar-refractivity contribution in [3.8, 4) is 6.07 Å². The van der Waals surface area contributed by atoms with E-state index < -0.39 is 0 Å². The summed E-state index contributed by atoms with van der Waals surface area (Å²) in [5.74, 6) is 0.605. The number of nitriles is 1.